The van der Waals surface area contributed by atoms with Crippen LogP contribution >= 0.6 is 35.1 Å². The minimum atomic E-state index is -0.400. The van der Waals surface area contributed by atoms with Gasteiger partial charge in [-0.25, -0.2) is 5.01 Å². The van der Waals surface area contributed by atoms with Gasteiger partial charge in [-0.05, 0) is 43.3 Å². The first-order valence-electron chi connectivity index (χ1n) is 9.28. The van der Waals surface area contributed by atoms with Crippen molar-refractivity contribution in [2.24, 2.45) is 5.10 Å². The highest BCUT2D eigenvalue weighted by Crippen LogP contribution is 2.43. The number of amidine groups is 1. The molecule has 0 fully saturated rings. The highest BCUT2D eigenvalue weighted by Gasteiger charge is 2.34. The predicted octanol–water partition coefficient (Wildman–Crippen LogP) is 4.82. The Morgan fingerprint density at radius 3 is 2.63 bits per heavy atom. The van der Waals surface area contributed by atoms with E-state index in [2.05, 4.69) is 10.4 Å². The summed E-state index contributed by atoms with van der Waals surface area (Å²) in [5.41, 5.74) is 1.89. The zero-order valence-electron chi connectivity index (χ0n) is 16.8. The van der Waals surface area contributed by atoms with Crippen LogP contribution in [0.2, 0.25) is 5.02 Å². The Labute approximate surface area is 189 Å². The molecular weight excluding hydrogens is 442 g/mol. The van der Waals surface area contributed by atoms with Gasteiger partial charge < -0.3 is 10.1 Å². The number of aryl methyl sites for hydroxylation is 1. The van der Waals surface area contributed by atoms with Crippen LogP contribution in [0.4, 0.5) is 0 Å². The van der Waals surface area contributed by atoms with E-state index >= 15 is 0 Å². The predicted molar refractivity (Wildman–Crippen MR) is 123 cm³/mol. The number of benzene rings is 2. The molecule has 2 amide bonds. The first-order valence-corrected chi connectivity index (χ1v) is 11.5. The molecule has 1 heterocycles. The third-order valence-electron chi connectivity index (χ3n) is 4.10. The van der Waals surface area contributed by atoms with E-state index in [1.165, 1.54) is 30.6 Å². The molecule has 2 aromatic carbocycles. The van der Waals surface area contributed by atoms with Crippen LogP contribution in [0.25, 0.3) is 0 Å². The number of hydrazone groups is 1. The molecule has 9 heteroatoms. The molecule has 1 N–H and O–H groups in total. The minimum absolute atomic E-state index is 0.210. The molecule has 3 rings (SSSR count). The third kappa shape index (κ3) is 5.93. The van der Waals surface area contributed by atoms with Crippen molar-refractivity contribution in [3.63, 3.8) is 0 Å². The second-order valence-corrected chi connectivity index (χ2v) is 9.29. The molecule has 0 spiro atoms. The molecule has 158 valence electrons. The van der Waals surface area contributed by atoms with Gasteiger partial charge in [-0.1, -0.05) is 35.0 Å². The molecule has 0 aliphatic carbocycles. The van der Waals surface area contributed by atoms with Crippen LogP contribution in [0.5, 0.6) is 5.75 Å². The second kappa shape index (κ2) is 10.2. The van der Waals surface area contributed by atoms with Crippen molar-refractivity contribution in [2.75, 3.05) is 12.4 Å². The Balaban J connectivity index is 1.70. The zero-order chi connectivity index (χ0) is 21.7. The SMILES string of the molecule is CC(=O)NC1=NN(C(C)=O)[C@@H](c2cc(C)ccc2OCCSc2ccc(Cl)cc2)S1. The molecule has 1 aliphatic heterocycles. The molecule has 30 heavy (non-hydrogen) atoms. The van der Waals surface area contributed by atoms with Gasteiger partial charge in [0.05, 0.1) is 6.61 Å². The van der Waals surface area contributed by atoms with E-state index in [9.17, 15) is 9.59 Å². The molecule has 1 atom stereocenters. The Morgan fingerprint density at radius 2 is 1.97 bits per heavy atom. The van der Waals surface area contributed by atoms with Crippen molar-refractivity contribution in [2.45, 2.75) is 31.0 Å². The number of thioether (sulfide) groups is 2. The topological polar surface area (TPSA) is 71.0 Å². The van der Waals surface area contributed by atoms with Gasteiger partial charge in [0.2, 0.25) is 11.8 Å². The first kappa shape index (κ1) is 22.5. The number of halogens is 1. The van der Waals surface area contributed by atoms with Crippen molar-refractivity contribution >= 4 is 52.1 Å². The van der Waals surface area contributed by atoms with Gasteiger partial charge in [0, 0.05) is 35.1 Å². The molecular formula is C21H22ClN3O3S2. The number of nitrogens with zero attached hydrogens (tertiary/aromatic N) is 2. The van der Waals surface area contributed by atoms with E-state index < -0.39 is 5.37 Å². The Morgan fingerprint density at radius 1 is 1.23 bits per heavy atom. The fourth-order valence-corrected chi connectivity index (χ4v) is 4.81. The van der Waals surface area contributed by atoms with Gasteiger partial charge in [0.25, 0.3) is 0 Å². The van der Waals surface area contributed by atoms with Crippen LogP contribution < -0.4 is 10.1 Å². The summed E-state index contributed by atoms with van der Waals surface area (Å²) in [6.45, 7) is 5.35. The van der Waals surface area contributed by atoms with Crippen LogP contribution in [0.3, 0.4) is 0 Å². The van der Waals surface area contributed by atoms with Crippen LogP contribution in [-0.2, 0) is 9.59 Å². The lowest BCUT2D eigenvalue weighted by atomic mass is 10.1. The van der Waals surface area contributed by atoms with Gasteiger partial charge in [-0.15, -0.1) is 16.9 Å². The number of nitrogens with one attached hydrogen (secondary N) is 1. The summed E-state index contributed by atoms with van der Waals surface area (Å²) < 4.78 is 6.06. The van der Waals surface area contributed by atoms with E-state index in [4.69, 9.17) is 16.3 Å². The number of hydrogen-bond acceptors (Lipinski definition) is 6. The number of hydrogen-bond donors (Lipinski definition) is 1. The summed E-state index contributed by atoms with van der Waals surface area (Å²) in [6, 6.07) is 13.6. The molecule has 2 aromatic rings. The van der Waals surface area contributed by atoms with E-state index in [1.54, 1.807) is 11.8 Å². The molecule has 6 nitrogen and oxygen atoms in total. The van der Waals surface area contributed by atoms with Gasteiger partial charge in [-0.2, -0.15) is 0 Å². The van der Waals surface area contributed by atoms with E-state index in [-0.39, 0.29) is 11.8 Å². The van der Waals surface area contributed by atoms with Gasteiger partial charge in [-0.3, -0.25) is 9.59 Å². The summed E-state index contributed by atoms with van der Waals surface area (Å²) >= 11 is 8.91. The Kier molecular flexibility index (Phi) is 7.69. The maximum absolute atomic E-state index is 12.1. The summed E-state index contributed by atoms with van der Waals surface area (Å²) in [5.74, 6) is 1.01. The highest BCUT2D eigenvalue weighted by molar-refractivity contribution is 8.14. The summed E-state index contributed by atoms with van der Waals surface area (Å²) in [4.78, 5) is 24.7. The average molecular weight is 464 g/mol. The van der Waals surface area contributed by atoms with Gasteiger partial charge in [0.1, 0.15) is 11.1 Å². The number of rotatable bonds is 6. The molecule has 1 aliphatic rings. The van der Waals surface area contributed by atoms with Crippen LogP contribution in [0.1, 0.15) is 30.3 Å². The van der Waals surface area contributed by atoms with Gasteiger partial charge in [0.15, 0.2) is 5.17 Å². The van der Waals surface area contributed by atoms with Crippen LogP contribution in [-0.4, -0.2) is 34.4 Å². The third-order valence-corrected chi connectivity index (χ3v) is 6.42. The van der Waals surface area contributed by atoms with Crippen LogP contribution in [0, 0.1) is 6.92 Å². The number of carbonyl (C=O) groups is 2. The highest BCUT2D eigenvalue weighted by atomic mass is 35.5. The van der Waals surface area contributed by atoms with Crippen molar-refractivity contribution in [1.82, 2.24) is 10.3 Å². The van der Waals surface area contributed by atoms with E-state index in [0.717, 1.165) is 21.8 Å². The summed E-state index contributed by atoms with van der Waals surface area (Å²) in [5, 5.41) is 9.01. The summed E-state index contributed by atoms with van der Waals surface area (Å²) in [6.07, 6.45) is 0. The lowest BCUT2D eigenvalue weighted by Gasteiger charge is -2.22. The number of carbonyl (C=O) groups excluding carboxylic acids is 2. The van der Waals surface area contributed by atoms with Crippen LogP contribution in [0.15, 0.2) is 52.5 Å². The maximum atomic E-state index is 12.1. The maximum Gasteiger partial charge on any atom is 0.241 e. The van der Waals surface area contributed by atoms with Crippen molar-refractivity contribution in [3.8, 4) is 5.75 Å². The lowest BCUT2D eigenvalue weighted by molar-refractivity contribution is -0.129. The fourth-order valence-electron chi connectivity index (χ4n) is 2.80. The first-order chi connectivity index (χ1) is 14.3. The van der Waals surface area contributed by atoms with Crippen molar-refractivity contribution < 1.29 is 14.3 Å². The molecule has 0 radical (unpaired) electrons. The quantitative estimate of drug-likeness (QED) is 0.491. The fraction of sp³-hybridized carbons (Fsp3) is 0.286. The van der Waals surface area contributed by atoms with E-state index in [0.29, 0.717) is 22.5 Å². The molecule has 0 saturated carbocycles. The number of amides is 2. The normalized spacial score (nSPS) is 15.7. The zero-order valence-corrected chi connectivity index (χ0v) is 19.2. The molecule has 0 unspecified atom stereocenters. The van der Waals surface area contributed by atoms with Crippen molar-refractivity contribution in [1.29, 1.82) is 0 Å². The van der Waals surface area contributed by atoms with Gasteiger partial charge >= 0.3 is 0 Å². The van der Waals surface area contributed by atoms with Crippen molar-refractivity contribution in [3.05, 3.63) is 58.6 Å². The second-order valence-electron chi connectivity index (χ2n) is 6.61. The minimum Gasteiger partial charge on any atom is -0.492 e. The smallest absolute Gasteiger partial charge is 0.241 e. The van der Waals surface area contributed by atoms with E-state index in [1.807, 2.05) is 49.4 Å². The average Bonchev–Trinajstić information content (AvgIpc) is 3.10. The lowest BCUT2D eigenvalue weighted by Crippen LogP contribution is -2.25. The summed E-state index contributed by atoms with van der Waals surface area (Å²) in [7, 11) is 0. The molecule has 0 aromatic heterocycles. The standard InChI is InChI=1S/C21H22ClN3O3S2/c1-13-4-9-19(28-10-11-29-17-7-5-16(22)6-8-17)18(12-13)20-25(15(3)27)24-21(30-20)23-14(2)26/h4-9,12,20H,10-11H2,1-3H3,(H,23,24,26)/t20-/m1/s1. The largest absolute Gasteiger partial charge is 0.492 e. The molecule has 0 bridgehead atoms. The monoisotopic (exact) mass is 463 g/mol. The molecule has 0 saturated heterocycles. The Hall–Kier alpha value is -2.16. The Bertz CT molecular complexity index is 966. The number of ether oxygens (including phenoxy) is 1.